The molecule has 0 spiro atoms. The summed E-state index contributed by atoms with van der Waals surface area (Å²) in [5.74, 6) is -0.0636. The maximum Gasteiger partial charge on any atom is 0.255 e. The van der Waals surface area contributed by atoms with Gasteiger partial charge in [-0.15, -0.1) is 11.3 Å². The molecule has 29 heavy (non-hydrogen) atoms. The number of hydrogen-bond donors (Lipinski definition) is 2. The number of aromatic nitrogens is 2. The minimum absolute atomic E-state index is 0.0636. The summed E-state index contributed by atoms with van der Waals surface area (Å²) in [6.45, 7) is 4.00. The van der Waals surface area contributed by atoms with Crippen molar-refractivity contribution >= 4 is 38.4 Å². The van der Waals surface area contributed by atoms with Crippen LogP contribution in [0.15, 0.2) is 59.4 Å². The first kappa shape index (κ1) is 18.0. The minimum atomic E-state index is -0.243. The van der Waals surface area contributed by atoms with Gasteiger partial charge >= 0.3 is 0 Å². The van der Waals surface area contributed by atoms with Crippen LogP contribution >= 0.6 is 11.3 Å². The van der Waals surface area contributed by atoms with Crippen molar-refractivity contribution in [2.24, 2.45) is 0 Å². The van der Waals surface area contributed by atoms with Crippen molar-refractivity contribution in [2.75, 3.05) is 26.2 Å². The molecule has 4 aromatic rings. The zero-order valence-electron chi connectivity index (χ0n) is 15.9. The normalized spacial score (nSPS) is 15.2. The lowest BCUT2D eigenvalue weighted by molar-refractivity contribution is -0.917. The minimum Gasteiger partial charge on any atom is -0.327 e. The number of thiazole rings is 1. The van der Waals surface area contributed by atoms with Crippen LogP contribution < -0.4 is 10.5 Å². The molecular weight excluding hydrogens is 384 g/mol. The average Bonchev–Trinajstić information content (AvgIpc) is 3.15. The molecule has 2 aromatic heterocycles. The lowest BCUT2D eigenvalue weighted by Crippen LogP contribution is -3.13. The number of piperazine rings is 1. The van der Waals surface area contributed by atoms with Gasteiger partial charge in [0.05, 0.1) is 42.0 Å². The van der Waals surface area contributed by atoms with Crippen LogP contribution in [0, 0.1) is 0 Å². The Morgan fingerprint density at radius 2 is 1.86 bits per heavy atom. The number of aromatic amines is 1. The molecule has 1 amide bonds. The number of nitrogens with zero attached hydrogens (tertiary/aromatic N) is 2. The third-order valence-electron chi connectivity index (χ3n) is 5.48. The van der Waals surface area contributed by atoms with Gasteiger partial charge in [0, 0.05) is 17.0 Å². The van der Waals surface area contributed by atoms with E-state index >= 15 is 0 Å². The van der Waals surface area contributed by atoms with E-state index < -0.39 is 0 Å². The van der Waals surface area contributed by atoms with E-state index in [2.05, 4.69) is 11.1 Å². The van der Waals surface area contributed by atoms with Crippen LogP contribution in [0.2, 0.25) is 0 Å². The van der Waals surface area contributed by atoms with Crippen LogP contribution in [0.4, 0.5) is 0 Å². The number of pyridine rings is 1. The van der Waals surface area contributed by atoms with Crippen molar-refractivity contribution in [3.8, 4) is 0 Å². The second kappa shape index (κ2) is 7.42. The number of para-hydroxylation sites is 2. The van der Waals surface area contributed by atoms with E-state index in [-0.39, 0.29) is 11.5 Å². The van der Waals surface area contributed by atoms with Crippen molar-refractivity contribution in [2.45, 2.75) is 6.54 Å². The number of nitrogens with one attached hydrogen (secondary N) is 2. The van der Waals surface area contributed by atoms with Crippen LogP contribution in [-0.2, 0) is 6.54 Å². The predicted molar refractivity (Wildman–Crippen MR) is 114 cm³/mol. The van der Waals surface area contributed by atoms with Crippen molar-refractivity contribution in [3.63, 3.8) is 0 Å². The van der Waals surface area contributed by atoms with Gasteiger partial charge in [-0.25, -0.2) is 4.98 Å². The number of benzene rings is 2. The molecular formula is C22H21N4O2S+. The van der Waals surface area contributed by atoms with E-state index in [1.54, 1.807) is 11.3 Å². The fraction of sp³-hybridized carbons (Fsp3) is 0.227. The maximum atomic E-state index is 13.1. The third-order valence-corrected chi connectivity index (χ3v) is 6.51. The van der Waals surface area contributed by atoms with Gasteiger partial charge in [0.15, 0.2) is 0 Å². The molecule has 0 unspecified atom stereocenters. The Morgan fingerprint density at radius 3 is 2.69 bits per heavy atom. The highest BCUT2D eigenvalue weighted by molar-refractivity contribution is 7.18. The molecule has 0 radical (unpaired) electrons. The van der Waals surface area contributed by atoms with Crippen LogP contribution in [0.3, 0.4) is 0 Å². The molecule has 2 N–H and O–H groups in total. The summed E-state index contributed by atoms with van der Waals surface area (Å²) >= 11 is 1.75. The molecule has 0 atom stereocenters. The molecule has 2 aromatic carbocycles. The molecule has 1 fully saturated rings. The number of fused-ring (bicyclic) bond motifs is 2. The molecule has 3 heterocycles. The van der Waals surface area contributed by atoms with E-state index in [1.165, 1.54) is 15.7 Å². The fourth-order valence-corrected chi connectivity index (χ4v) is 5.00. The van der Waals surface area contributed by atoms with E-state index in [9.17, 15) is 9.59 Å². The van der Waals surface area contributed by atoms with Gasteiger partial charge in [-0.05, 0) is 18.2 Å². The van der Waals surface area contributed by atoms with E-state index in [4.69, 9.17) is 4.98 Å². The Balaban J connectivity index is 1.29. The van der Waals surface area contributed by atoms with Gasteiger partial charge in [0.1, 0.15) is 11.6 Å². The Morgan fingerprint density at radius 1 is 1.10 bits per heavy atom. The highest BCUT2D eigenvalue weighted by Crippen LogP contribution is 2.21. The van der Waals surface area contributed by atoms with E-state index in [1.807, 2.05) is 47.4 Å². The quantitative estimate of drug-likeness (QED) is 0.545. The van der Waals surface area contributed by atoms with Crippen molar-refractivity contribution in [1.29, 1.82) is 0 Å². The summed E-state index contributed by atoms with van der Waals surface area (Å²) in [5, 5.41) is 1.93. The van der Waals surface area contributed by atoms with Gasteiger partial charge in [0.2, 0.25) is 5.56 Å². The zero-order chi connectivity index (χ0) is 19.8. The highest BCUT2D eigenvalue weighted by atomic mass is 32.1. The molecule has 5 rings (SSSR count). The van der Waals surface area contributed by atoms with Crippen molar-refractivity contribution in [3.05, 3.63) is 75.5 Å². The summed E-state index contributed by atoms with van der Waals surface area (Å²) in [7, 11) is 0. The summed E-state index contributed by atoms with van der Waals surface area (Å²) in [5.41, 5.74) is 2.00. The monoisotopic (exact) mass is 405 g/mol. The second-order valence-corrected chi connectivity index (χ2v) is 8.50. The number of carbonyl (C=O) groups excluding carboxylic acids is 1. The van der Waals surface area contributed by atoms with Gasteiger partial charge in [-0.3, -0.25) is 9.59 Å². The molecule has 7 heteroatoms. The van der Waals surface area contributed by atoms with Gasteiger partial charge in [-0.2, -0.15) is 0 Å². The number of carbonyl (C=O) groups is 1. The SMILES string of the molecule is O=C(c1cc(=O)[nH]c2ccccc12)N1CC[NH+](Cc2nc3ccccc3s2)CC1. The molecule has 0 aliphatic carbocycles. The molecule has 0 bridgehead atoms. The zero-order valence-corrected chi connectivity index (χ0v) is 16.7. The van der Waals surface area contributed by atoms with Crippen LogP contribution in [0.1, 0.15) is 15.4 Å². The summed E-state index contributed by atoms with van der Waals surface area (Å²) in [6, 6.07) is 17.1. The first-order valence-corrected chi connectivity index (χ1v) is 10.6. The second-order valence-electron chi connectivity index (χ2n) is 7.39. The Kier molecular flexibility index (Phi) is 4.61. The van der Waals surface area contributed by atoms with Gasteiger partial charge < -0.3 is 14.8 Å². The number of quaternary nitrogens is 1. The Bertz CT molecular complexity index is 1220. The summed E-state index contributed by atoms with van der Waals surface area (Å²) in [4.78, 5) is 35.9. The van der Waals surface area contributed by atoms with E-state index in [0.717, 1.165) is 35.5 Å². The topological polar surface area (TPSA) is 70.5 Å². The van der Waals surface area contributed by atoms with Crippen molar-refractivity contribution in [1.82, 2.24) is 14.9 Å². The van der Waals surface area contributed by atoms with Gasteiger partial charge in [-0.1, -0.05) is 30.3 Å². The van der Waals surface area contributed by atoms with Crippen LogP contribution in [0.5, 0.6) is 0 Å². The molecule has 0 saturated carbocycles. The number of H-pyrrole nitrogens is 1. The molecule has 1 aliphatic heterocycles. The largest absolute Gasteiger partial charge is 0.327 e. The lowest BCUT2D eigenvalue weighted by Gasteiger charge is -2.32. The third kappa shape index (κ3) is 3.54. The molecule has 1 saturated heterocycles. The van der Waals surface area contributed by atoms with E-state index in [0.29, 0.717) is 24.2 Å². The van der Waals surface area contributed by atoms with Crippen molar-refractivity contribution < 1.29 is 9.69 Å². The van der Waals surface area contributed by atoms with Crippen LogP contribution in [-0.4, -0.2) is 47.0 Å². The number of rotatable bonds is 3. The fourth-order valence-electron chi connectivity index (χ4n) is 3.96. The van der Waals surface area contributed by atoms with Gasteiger partial charge in [0.25, 0.3) is 5.91 Å². The smallest absolute Gasteiger partial charge is 0.255 e. The predicted octanol–water partition coefficient (Wildman–Crippen LogP) is 1.68. The average molecular weight is 406 g/mol. The number of hydrogen-bond acceptors (Lipinski definition) is 4. The lowest BCUT2D eigenvalue weighted by atomic mass is 10.1. The molecule has 1 aliphatic rings. The Labute approximate surface area is 171 Å². The number of amides is 1. The maximum absolute atomic E-state index is 13.1. The Hall–Kier alpha value is -3.03. The highest BCUT2D eigenvalue weighted by Gasteiger charge is 2.26. The standard InChI is InChI=1S/C22H20N4O2S/c27-20-13-16(15-5-1-2-6-17(15)23-20)22(28)26-11-9-25(10-12-26)14-21-24-18-7-3-4-8-19(18)29-21/h1-8,13H,9-12,14H2,(H,23,27)/p+1. The molecule has 6 nitrogen and oxygen atoms in total. The summed E-state index contributed by atoms with van der Waals surface area (Å²) in [6.07, 6.45) is 0. The first-order chi connectivity index (χ1) is 14.2. The summed E-state index contributed by atoms with van der Waals surface area (Å²) < 4.78 is 1.22. The first-order valence-electron chi connectivity index (χ1n) is 9.77. The molecule has 146 valence electrons. The van der Waals surface area contributed by atoms with Crippen LogP contribution in [0.25, 0.3) is 21.1 Å².